The molecule has 1 fully saturated rings. The van der Waals surface area contributed by atoms with Gasteiger partial charge in [0.1, 0.15) is 0 Å². The molecule has 21 heavy (non-hydrogen) atoms. The molecule has 1 aliphatic rings. The summed E-state index contributed by atoms with van der Waals surface area (Å²) in [6, 6.07) is 4.91. The fraction of sp³-hybridized carbons (Fsp3) is 0.533. The van der Waals surface area contributed by atoms with E-state index in [1.165, 1.54) is 25.3 Å². The van der Waals surface area contributed by atoms with E-state index in [0.29, 0.717) is 6.67 Å². The molecule has 6 heteroatoms. The van der Waals surface area contributed by atoms with Crippen LogP contribution in [0.5, 0.6) is 0 Å². The predicted molar refractivity (Wildman–Crippen MR) is 81.0 cm³/mol. The van der Waals surface area contributed by atoms with Gasteiger partial charge in [-0.1, -0.05) is 13.3 Å². The number of non-ortho nitro benzene ring substituents is 1. The fourth-order valence-electron chi connectivity index (χ4n) is 3.01. The summed E-state index contributed by atoms with van der Waals surface area (Å²) in [5.41, 5.74) is 0.954. The molecule has 0 atom stereocenters. The number of nitrogens with zero attached hydrogens (tertiary/aromatic N) is 4. The number of nitro groups is 1. The van der Waals surface area contributed by atoms with Crippen LogP contribution in [0.1, 0.15) is 26.2 Å². The van der Waals surface area contributed by atoms with Crippen LogP contribution in [0.3, 0.4) is 0 Å². The molecule has 2 aromatic rings. The van der Waals surface area contributed by atoms with Crippen molar-refractivity contribution in [1.82, 2.24) is 14.7 Å². The largest absolute Gasteiger partial charge is 0.284 e. The molecule has 0 unspecified atom stereocenters. The summed E-state index contributed by atoms with van der Waals surface area (Å²) in [6.07, 6.45) is 5.49. The summed E-state index contributed by atoms with van der Waals surface area (Å²) in [6.45, 7) is 5.12. The number of nitro benzene ring substituents is 1. The zero-order valence-corrected chi connectivity index (χ0v) is 12.2. The van der Waals surface area contributed by atoms with Gasteiger partial charge in [0.25, 0.3) is 5.69 Å². The molecule has 0 N–H and O–H groups in total. The van der Waals surface area contributed by atoms with Gasteiger partial charge < -0.3 is 0 Å². The van der Waals surface area contributed by atoms with Crippen LogP contribution in [0.2, 0.25) is 0 Å². The minimum Gasteiger partial charge on any atom is -0.284 e. The minimum absolute atomic E-state index is 0.119. The van der Waals surface area contributed by atoms with Crippen molar-refractivity contribution in [3.8, 4) is 0 Å². The summed E-state index contributed by atoms with van der Waals surface area (Å²) < 4.78 is 1.87. The second kappa shape index (κ2) is 5.81. The van der Waals surface area contributed by atoms with Crippen molar-refractivity contribution in [3.63, 3.8) is 0 Å². The van der Waals surface area contributed by atoms with Crippen molar-refractivity contribution in [2.24, 2.45) is 5.92 Å². The maximum absolute atomic E-state index is 10.9. The van der Waals surface area contributed by atoms with E-state index in [4.69, 9.17) is 0 Å². The Morgan fingerprint density at radius 2 is 2.14 bits per heavy atom. The number of aromatic nitrogens is 2. The van der Waals surface area contributed by atoms with Crippen molar-refractivity contribution < 1.29 is 4.92 Å². The maximum Gasteiger partial charge on any atom is 0.271 e. The molecule has 0 amide bonds. The summed E-state index contributed by atoms with van der Waals surface area (Å²) in [5.74, 6) is 0.844. The first-order valence-electron chi connectivity index (χ1n) is 7.49. The van der Waals surface area contributed by atoms with Gasteiger partial charge in [0, 0.05) is 30.6 Å². The summed E-state index contributed by atoms with van der Waals surface area (Å²) in [4.78, 5) is 12.9. The van der Waals surface area contributed by atoms with Gasteiger partial charge in [-0.3, -0.25) is 19.7 Å². The van der Waals surface area contributed by atoms with Crippen molar-refractivity contribution in [1.29, 1.82) is 0 Å². The maximum atomic E-state index is 10.9. The van der Waals surface area contributed by atoms with Crippen LogP contribution in [-0.2, 0) is 6.67 Å². The monoisotopic (exact) mass is 288 g/mol. The Kier molecular flexibility index (Phi) is 3.88. The van der Waals surface area contributed by atoms with Crippen LogP contribution in [0.15, 0.2) is 24.4 Å². The molecule has 0 spiro atoms. The molecule has 1 aromatic heterocycles. The molecule has 1 aliphatic heterocycles. The molecule has 6 nitrogen and oxygen atoms in total. The van der Waals surface area contributed by atoms with E-state index in [-0.39, 0.29) is 10.6 Å². The van der Waals surface area contributed by atoms with E-state index in [1.807, 2.05) is 4.68 Å². The van der Waals surface area contributed by atoms with Crippen LogP contribution in [0, 0.1) is 16.0 Å². The van der Waals surface area contributed by atoms with E-state index < -0.39 is 0 Å². The lowest BCUT2D eigenvalue weighted by atomic mass is 9.95. The molecular formula is C15H20N4O2. The van der Waals surface area contributed by atoms with Crippen LogP contribution in [-0.4, -0.2) is 32.7 Å². The van der Waals surface area contributed by atoms with Gasteiger partial charge in [-0.15, -0.1) is 0 Å². The molecule has 0 radical (unpaired) electrons. The van der Waals surface area contributed by atoms with E-state index in [1.54, 1.807) is 18.3 Å². The third-order valence-electron chi connectivity index (χ3n) is 4.46. The standard InChI is InChI=1S/C15H20N4O2/c1-2-12-5-7-17(8-6-12)11-18-15-9-14(19(20)21)4-3-13(15)10-16-18/h3-4,9-10,12H,2,5-8,11H2,1H3. The smallest absolute Gasteiger partial charge is 0.271 e. The van der Waals surface area contributed by atoms with Crippen LogP contribution in [0.4, 0.5) is 5.69 Å². The third kappa shape index (κ3) is 2.90. The number of rotatable bonds is 4. The highest BCUT2D eigenvalue weighted by atomic mass is 16.6. The number of hydrogen-bond acceptors (Lipinski definition) is 4. The molecule has 112 valence electrons. The van der Waals surface area contributed by atoms with Crippen molar-refractivity contribution in [2.45, 2.75) is 32.9 Å². The molecule has 0 aliphatic carbocycles. The number of fused-ring (bicyclic) bond motifs is 1. The highest BCUT2D eigenvalue weighted by Gasteiger charge is 2.19. The Labute approximate surface area is 123 Å². The van der Waals surface area contributed by atoms with E-state index in [9.17, 15) is 10.1 Å². The average Bonchev–Trinajstić information content (AvgIpc) is 2.90. The second-order valence-corrected chi connectivity index (χ2v) is 5.76. The highest BCUT2D eigenvalue weighted by molar-refractivity contribution is 5.80. The topological polar surface area (TPSA) is 64.2 Å². The second-order valence-electron chi connectivity index (χ2n) is 5.76. The molecular weight excluding hydrogens is 268 g/mol. The molecule has 0 bridgehead atoms. The van der Waals surface area contributed by atoms with Gasteiger partial charge in [0.15, 0.2) is 0 Å². The number of hydrogen-bond donors (Lipinski definition) is 0. The van der Waals surface area contributed by atoms with E-state index in [2.05, 4.69) is 16.9 Å². The quantitative estimate of drug-likeness (QED) is 0.641. The fourth-order valence-corrected chi connectivity index (χ4v) is 3.01. The Morgan fingerprint density at radius 1 is 1.38 bits per heavy atom. The highest BCUT2D eigenvalue weighted by Crippen LogP contribution is 2.23. The molecule has 1 aromatic carbocycles. The first-order valence-corrected chi connectivity index (χ1v) is 7.49. The molecule has 2 heterocycles. The van der Waals surface area contributed by atoms with Crippen molar-refractivity contribution in [2.75, 3.05) is 13.1 Å². The first kappa shape index (κ1) is 14.0. The van der Waals surface area contributed by atoms with Crippen LogP contribution in [0.25, 0.3) is 10.9 Å². The Hall–Kier alpha value is -1.95. The molecule has 3 rings (SSSR count). The van der Waals surface area contributed by atoms with E-state index in [0.717, 1.165) is 29.9 Å². The summed E-state index contributed by atoms with van der Waals surface area (Å²) >= 11 is 0. The van der Waals surface area contributed by atoms with Crippen molar-refractivity contribution >= 4 is 16.6 Å². The minimum atomic E-state index is -0.358. The number of benzene rings is 1. The Balaban J connectivity index is 1.78. The molecule has 1 saturated heterocycles. The lowest BCUT2D eigenvalue weighted by molar-refractivity contribution is -0.384. The van der Waals surface area contributed by atoms with Gasteiger partial charge >= 0.3 is 0 Å². The normalized spacial score (nSPS) is 17.4. The third-order valence-corrected chi connectivity index (χ3v) is 4.46. The number of likely N-dealkylation sites (tertiary alicyclic amines) is 1. The van der Waals surface area contributed by atoms with Gasteiger partial charge in [-0.2, -0.15) is 5.10 Å². The Bertz CT molecular complexity index is 644. The van der Waals surface area contributed by atoms with Gasteiger partial charge in [-0.25, -0.2) is 0 Å². The van der Waals surface area contributed by atoms with Crippen molar-refractivity contribution in [3.05, 3.63) is 34.5 Å². The number of piperidine rings is 1. The zero-order valence-electron chi connectivity index (χ0n) is 12.2. The first-order chi connectivity index (χ1) is 10.2. The van der Waals surface area contributed by atoms with E-state index >= 15 is 0 Å². The zero-order chi connectivity index (χ0) is 14.8. The SMILES string of the molecule is CCC1CCN(Cn2ncc3ccc([N+](=O)[O-])cc32)CC1. The Morgan fingerprint density at radius 3 is 2.81 bits per heavy atom. The summed E-state index contributed by atoms with van der Waals surface area (Å²) in [7, 11) is 0. The van der Waals surface area contributed by atoms with Gasteiger partial charge in [0.05, 0.1) is 23.3 Å². The van der Waals surface area contributed by atoms with Gasteiger partial charge in [-0.05, 0) is 24.8 Å². The predicted octanol–water partition coefficient (Wildman–Crippen LogP) is 3.02. The lowest BCUT2D eigenvalue weighted by Gasteiger charge is -2.31. The molecule has 0 saturated carbocycles. The van der Waals surface area contributed by atoms with Crippen LogP contribution < -0.4 is 0 Å². The van der Waals surface area contributed by atoms with Gasteiger partial charge in [0.2, 0.25) is 0 Å². The summed E-state index contributed by atoms with van der Waals surface area (Å²) in [5, 5.41) is 16.2. The van der Waals surface area contributed by atoms with Crippen LogP contribution >= 0.6 is 0 Å². The lowest BCUT2D eigenvalue weighted by Crippen LogP contribution is -2.35. The average molecular weight is 288 g/mol.